The second-order valence-electron chi connectivity index (χ2n) is 7.79. The highest BCUT2D eigenvalue weighted by Gasteiger charge is 2.28. The predicted octanol–water partition coefficient (Wildman–Crippen LogP) is 4.73. The Bertz CT molecular complexity index is 1030. The average Bonchev–Trinajstić information content (AvgIpc) is 2.82. The number of carboxylic acid groups (broad SMARTS) is 1. The minimum atomic E-state index is -0.796. The van der Waals surface area contributed by atoms with Crippen LogP contribution in [0, 0.1) is 0 Å². The number of nitrogens with zero attached hydrogens (tertiary/aromatic N) is 1. The van der Waals surface area contributed by atoms with Gasteiger partial charge in [-0.3, -0.25) is 4.79 Å². The van der Waals surface area contributed by atoms with Gasteiger partial charge >= 0.3 is 5.97 Å². The van der Waals surface area contributed by atoms with E-state index < -0.39 is 11.9 Å². The third-order valence-electron chi connectivity index (χ3n) is 5.66. The summed E-state index contributed by atoms with van der Waals surface area (Å²) >= 11 is 1.81. The van der Waals surface area contributed by atoms with Crippen molar-refractivity contribution in [3.05, 3.63) is 89.6 Å². The normalized spacial score (nSPS) is 17.3. The van der Waals surface area contributed by atoms with Gasteiger partial charge in [-0.2, -0.15) is 0 Å². The van der Waals surface area contributed by atoms with Gasteiger partial charge < -0.3 is 15.7 Å². The third kappa shape index (κ3) is 5.27. The molecule has 4 rings (SSSR count). The molecule has 0 radical (unpaired) electrons. The Hall–Kier alpha value is -2.83. The number of carboxylic acids is 1. The molecule has 0 spiro atoms. The highest BCUT2D eigenvalue weighted by molar-refractivity contribution is 8.00. The zero-order valence-corrected chi connectivity index (χ0v) is 18.3. The van der Waals surface area contributed by atoms with Crippen molar-refractivity contribution in [2.75, 3.05) is 18.4 Å². The third-order valence-corrected chi connectivity index (χ3v) is 6.95. The van der Waals surface area contributed by atoms with E-state index in [1.54, 1.807) is 6.92 Å². The van der Waals surface area contributed by atoms with Gasteiger partial charge in [0, 0.05) is 24.0 Å². The van der Waals surface area contributed by atoms with Gasteiger partial charge in [-0.1, -0.05) is 66.4 Å². The molecule has 0 saturated heterocycles. The number of carbonyl (C=O) groups is 1. The minimum Gasteiger partial charge on any atom is -0.481 e. The Morgan fingerprint density at radius 1 is 1.16 bits per heavy atom. The molecule has 1 aromatic heterocycles. The molecule has 5 nitrogen and oxygen atoms in total. The molecular weight excluding hydrogens is 406 g/mol. The van der Waals surface area contributed by atoms with Crippen molar-refractivity contribution in [1.29, 1.82) is 0 Å². The number of hydrogen-bond acceptors (Lipinski definition) is 5. The lowest BCUT2D eigenvalue weighted by Crippen LogP contribution is -2.37. The van der Waals surface area contributed by atoms with Crippen molar-refractivity contribution in [1.82, 2.24) is 10.3 Å². The van der Waals surface area contributed by atoms with Crippen LogP contribution in [-0.2, 0) is 11.2 Å². The Kier molecular flexibility index (Phi) is 6.89. The molecule has 1 aliphatic rings. The molecule has 0 bridgehead atoms. The summed E-state index contributed by atoms with van der Waals surface area (Å²) in [6.07, 6.45) is 2.68. The smallest absolute Gasteiger partial charge is 0.310 e. The van der Waals surface area contributed by atoms with E-state index in [0.29, 0.717) is 5.25 Å². The molecule has 0 saturated carbocycles. The maximum Gasteiger partial charge on any atom is 0.310 e. The second-order valence-corrected chi connectivity index (χ2v) is 9.02. The van der Waals surface area contributed by atoms with Crippen LogP contribution >= 0.6 is 11.8 Å². The van der Waals surface area contributed by atoms with Gasteiger partial charge in [0.15, 0.2) is 0 Å². The first-order valence-electron chi connectivity index (χ1n) is 10.6. The summed E-state index contributed by atoms with van der Waals surface area (Å²) in [7, 11) is 0. The number of fused-ring (bicyclic) bond motifs is 1. The van der Waals surface area contributed by atoms with Gasteiger partial charge in [0.1, 0.15) is 5.03 Å². The Labute approximate surface area is 187 Å². The fourth-order valence-electron chi connectivity index (χ4n) is 3.86. The summed E-state index contributed by atoms with van der Waals surface area (Å²) < 4.78 is 0. The maximum absolute atomic E-state index is 11.3. The van der Waals surface area contributed by atoms with Crippen LogP contribution in [0.5, 0.6) is 0 Å². The summed E-state index contributed by atoms with van der Waals surface area (Å²) in [5, 5.41) is 17.9. The highest BCUT2D eigenvalue weighted by atomic mass is 32.2. The molecular formula is C25H27N3O2S. The van der Waals surface area contributed by atoms with E-state index in [1.807, 2.05) is 48.3 Å². The van der Waals surface area contributed by atoms with E-state index in [2.05, 4.69) is 52.0 Å². The molecule has 3 N–H and O–H groups in total. The van der Waals surface area contributed by atoms with Crippen molar-refractivity contribution in [3.63, 3.8) is 0 Å². The number of aliphatic carboxylic acids is 1. The van der Waals surface area contributed by atoms with Gasteiger partial charge in [0.2, 0.25) is 0 Å². The standard InChI is InChI=1S/C25H27N3O2S/c1-17(25(29)30)20-10-5-7-18(15-20)12-14-26-23(19-8-3-2-4-9-19)22-16-28-21-11-6-13-27-24(21)31-22/h2-11,13,15,17,22-23,26,28H,12,14,16H2,1H3,(H,29,30)/t17-,22+,23+/m0/s1. The molecule has 1 aliphatic heterocycles. The van der Waals surface area contributed by atoms with Crippen LogP contribution < -0.4 is 10.6 Å². The monoisotopic (exact) mass is 433 g/mol. The summed E-state index contributed by atoms with van der Waals surface area (Å²) in [6, 6.07) is 22.6. The SMILES string of the molecule is C[C@H](C(=O)O)c1cccc(CCN[C@H](c2ccccc2)[C@H]2CNc3cccnc3S2)c1. The van der Waals surface area contributed by atoms with Crippen LogP contribution in [-0.4, -0.2) is 34.4 Å². The lowest BCUT2D eigenvalue weighted by molar-refractivity contribution is -0.138. The van der Waals surface area contributed by atoms with E-state index >= 15 is 0 Å². The first kappa shape index (κ1) is 21.4. The predicted molar refractivity (Wildman–Crippen MR) is 126 cm³/mol. The van der Waals surface area contributed by atoms with Crippen molar-refractivity contribution in [3.8, 4) is 0 Å². The number of aromatic nitrogens is 1. The number of benzene rings is 2. The first-order chi connectivity index (χ1) is 15.1. The summed E-state index contributed by atoms with van der Waals surface area (Å²) in [5.74, 6) is -1.29. The first-order valence-corrected chi connectivity index (χ1v) is 11.5. The molecule has 160 valence electrons. The largest absolute Gasteiger partial charge is 0.481 e. The van der Waals surface area contributed by atoms with Gasteiger partial charge in [-0.25, -0.2) is 4.98 Å². The second kappa shape index (κ2) is 9.98. The highest BCUT2D eigenvalue weighted by Crippen LogP contribution is 2.38. The molecule has 0 unspecified atom stereocenters. The molecule has 0 aliphatic carbocycles. The zero-order valence-electron chi connectivity index (χ0n) is 17.5. The Balaban J connectivity index is 1.46. The maximum atomic E-state index is 11.3. The minimum absolute atomic E-state index is 0.176. The summed E-state index contributed by atoms with van der Waals surface area (Å²) in [6.45, 7) is 3.39. The average molecular weight is 434 g/mol. The fraction of sp³-hybridized carbons (Fsp3) is 0.280. The van der Waals surface area contributed by atoms with Gasteiger partial charge in [-0.15, -0.1) is 0 Å². The number of pyridine rings is 1. The van der Waals surface area contributed by atoms with Gasteiger partial charge in [-0.05, 0) is 48.7 Å². The summed E-state index contributed by atoms with van der Waals surface area (Å²) in [5.41, 5.74) is 4.35. The molecule has 0 fully saturated rings. The molecule has 0 amide bonds. The number of anilines is 1. The number of rotatable bonds is 8. The van der Waals surface area contributed by atoms with Crippen LogP contribution in [0.25, 0.3) is 0 Å². The Morgan fingerprint density at radius 2 is 1.97 bits per heavy atom. The van der Waals surface area contributed by atoms with E-state index in [0.717, 1.165) is 41.4 Å². The van der Waals surface area contributed by atoms with E-state index in [9.17, 15) is 9.90 Å². The van der Waals surface area contributed by atoms with E-state index in [-0.39, 0.29) is 6.04 Å². The fourth-order valence-corrected chi connectivity index (χ4v) is 5.09. The molecule has 6 heteroatoms. The van der Waals surface area contributed by atoms with Crippen LogP contribution in [0.4, 0.5) is 5.69 Å². The van der Waals surface area contributed by atoms with Crippen molar-refractivity contribution in [2.45, 2.75) is 35.6 Å². The molecule has 3 aromatic rings. The number of nitrogens with one attached hydrogen (secondary N) is 2. The Morgan fingerprint density at radius 3 is 2.77 bits per heavy atom. The molecule has 2 aromatic carbocycles. The number of hydrogen-bond donors (Lipinski definition) is 3. The lowest BCUT2D eigenvalue weighted by atomic mass is 9.98. The van der Waals surface area contributed by atoms with Crippen LogP contribution in [0.15, 0.2) is 78.0 Å². The van der Waals surface area contributed by atoms with Gasteiger partial charge in [0.25, 0.3) is 0 Å². The number of thioether (sulfide) groups is 1. The van der Waals surface area contributed by atoms with E-state index in [1.165, 1.54) is 5.56 Å². The van der Waals surface area contributed by atoms with Crippen LogP contribution in [0.3, 0.4) is 0 Å². The molecule has 3 atom stereocenters. The summed E-state index contributed by atoms with van der Waals surface area (Å²) in [4.78, 5) is 15.8. The zero-order chi connectivity index (χ0) is 21.6. The van der Waals surface area contributed by atoms with Crippen LogP contribution in [0.1, 0.15) is 35.6 Å². The topological polar surface area (TPSA) is 74.2 Å². The van der Waals surface area contributed by atoms with Crippen LogP contribution in [0.2, 0.25) is 0 Å². The van der Waals surface area contributed by atoms with Crippen molar-refractivity contribution in [2.24, 2.45) is 0 Å². The molecule has 2 heterocycles. The van der Waals surface area contributed by atoms with E-state index in [4.69, 9.17) is 0 Å². The van der Waals surface area contributed by atoms with Gasteiger partial charge in [0.05, 0.1) is 11.6 Å². The van der Waals surface area contributed by atoms with Crippen molar-refractivity contribution < 1.29 is 9.90 Å². The van der Waals surface area contributed by atoms with Crippen molar-refractivity contribution >= 4 is 23.4 Å². The quantitative estimate of drug-likeness (QED) is 0.477. The molecule has 31 heavy (non-hydrogen) atoms. The lowest BCUT2D eigenvalue weighted by Gasteiger charge is -2.32.